The Kier molecular flexibility index (Phi) is 7.26. The zero-order valence-electron chi connectivity index (χ0n) is 22.4. The summed E-state index contributed by atoms with van der Waals surface area (Å²) in [4.78, 5) is 4.87. The number of nitrogens with zero attached hydrogens (tertiary/aromatic N) is 5. The zero-order valence-corrected chi connectivity index (χ0v) is 23.2. The van der Waals surface area contributed by atoms with Gasteiger partial charge in [-0.2, -0.15) is 4.31 Å². The topological polar surface area (TPSA) is 93.0 Å². The second kappa shape index (κ2) is 10.9. The van der Waals surface area contributed by atoms with Crippen LogP contribution in [-0.2, 0) is 23.0 Å². The second-order valence-corrected chi connectivity index (χ2v) is 12.5. The molecule has 1 saturated heterocycles. The van der Waals surface area contributed by atoms with E-state index < -0.39 is 27.6 Å². The van der Waals surface area contributed by atoms with Gasteiger partial charge in [-0.25, -0.2) is 22.2 Å². The number of sulfonamides is 1. The van der Waals surface area contributed by atoms with E-state index in [1.807, 2.05) is 12.1 Å². The smallest absolute Gasteiger partial charge is 0.243 e. The Labute approximate surface area is 232 Å². The van der Waals surface area contributed by atoms with E-state index in [1.54, 1.807) is 18.2 Å². The fourth-order valence-corrected chi connectivity index (χ4v) is 7.41. The molecule has 40 heavy (non-hydrogen) atoms. The number of hydrogen-bond acceptors (Lipinski definition) is 6. The van der Waals surface area contributed by atoms with Crippen molar-refractivity contribution in [3.8, 4) is 0 Å². The highest BCUT2D eigenvalue weighted by molar-refractivity contribution is 7.89. The lowest BCUT2D eigenvalue weighted by atomic mass is 9.97. The number of fused-ring (bicyclic) bond motifs is 2. The Hall–Kier alpha value is -3.44. The third-order valence-electron chi connectivity index (χ3n) is 8.04. The normalized spacial score (nSPS) is 18.9. The number of rotatable bonds is 7. The predicted octanol–water partition coefficient (Wildman–Crippen LogP) is 5.57. The average molecular weight is 567 g/mol. The highest BCUT2D eigenvalue weighted by Crippen LogP contribution is 2.34. The van der Waals surface area contributed by atoms with Crippen molar-refractivity contribution in [3.63, 3.8) is 0 Å². The lowest BCUT2D eigenvalue weighted by Gasteiger charge is -2.19. The molecule has 4 aromatic rings. The summed E-state index contributed by atoms with van der Waals surface area (Å²) in [6, 6.07) is 12.2. The van der Waals surface area contributed by atoms with Gasteiger partial charge in [0.2, 0.25) is 10.0 Å². The molecule has 2 aromatic carbocycles. The molecule has 0 aliphatic carbocycles. The van der Waals surface area contributed by atoms with Crippen molar-refractivity contribution in [2.75, 3.05) is 18.4 Å². The van der Waals surface area contributed by atoms with Crippen LogP contribution in [0.5, 0.6) is 0 Å². The van der Waals surface area contributed by atoms with E-state index in [1.165, 1.54) is 28.9 Å². The standard InChI is InChI=1S/C29H32F2N6O2S/c1-2-24(29-35-34-27-9-4-3-5-15-37(27)29)32-26-13-10-19-17-21(11-12-25(19)33-26)40(38,39)36-16-14-20(18-36)28-22(30)7-6-8-23(28)31/h6-8,10-13,17,20,24H,2-5,9,14-16,18H2,1H3,(H,32,33). The van der Waals surface area contributed by atoms with Crippen molar-refractivity contribution in [1.82, 2.24) is 24.1 Å². The molecular weight excluding hydrogens is 534 g/mol. The first-order valence-corrected chi connectivity index (χ1v) is 15.3. The highest BCUT2D eigenvalue weighted by atomic mass is 32.2. The van der Waals surface area contributed by atoms with E-state index in [0.29, 0.717) is 23.1 Å². The number of aryl methyl sites for hydroxylation is 1. The van der Waals surface area contributed by atoms with Crippen LogP contribution in [0.1, 0.15) is 68.2 Å². The number of anilines is 1. The molecule has 8 nitrogen and oxygen atoms in total. The van der Waals surface area contributed by atoms with Crippen LogP contribution >= 0.6 is 0 Å². The van der Waals surface area contributed by atoms with Crippen molar-refractivity contribution < 1.29 is 17.2 Å². The maximum Gasteiger partial charge on any atom is 0.243 e. The minimum atomic E-state index is -3.84. The van der Waals surface area contributed by atoms with E-state index >= 15 is 0 Å². The van der Waals surface area contributed by atoms with Crippen LogP contribution in [0.25, 0.3) is 10.9 Å². The van der Waals surface area contributed by atoms with Crippen LogP contribution in [0.4, 0.5) is 14.6 Å². The first-order chi connectivity index (χ1) is 19.3. The number of hydrogen-bond donors (Lipinski definition) is 1. The van der Waals surface area contributed by atoms with Gasteiger partial charge >= 0.3 is 0 Å². The molecule has 2 atom stereocenters. The molecule has 11 heteroatoms. The molecule has 1 N–H and O–H groups in total. The molecule has 1 fully saturated rings. The quantitative estimate of drug-likeness (QED) is 0.314. The predicted molar refractivity (Wildman–Crippen MR) is 148 cm³/mol. The van der Waals surface area contributed by atoms with Gasteiger partial charge < -0.3 is 9.88 Å². The molecule has 2 aromatic heterocycles. The molecule has 0 spiro atoms. The van der Waals surface area contributed by atoms with E-state index in [2.05, 4.69) is 27.0 Å². The van der Waals surface area contributed by atoms with Gasteiger partial charge in [0.05, 0.1) is 16.5 Å². The van der Waals surface area contributed by atoms with E-state index in [-0.39, 0.29) is 29.6 Å². The molecule has 2 unspecified atom stereocenters. The van der Waals surface area contributed by atoms with Gasteiger partial charge in [0, 0.05) is 42.9 Å². The van der Waals surface area contributed by atoms with Crippen LogP contribution < -0.4 is 5.32 Å². The minimum absolute atomic E-state index is 0.0318. The summed E-state index contributed by atoms with van der Waals surface area (Å²) in [6.07, 6.45) is 5.55. The van der Waals surface area contributed by atoms with Crippen molar-refractivity contribution in [2.45, 2.75) is 68.8 Å². The maximum absolute atomic E-state index is 14.3. The minimum Gasteiger partial charge on any atom is -0.360 e. The zero-order chi connectivity index (χ0) is 27.9. The molecule has 210 valence electrons. The Morgan fingerprint density at radius 1 is 1.02 bits per heavy atom. The van der Waals surface area contributed by atoms with Crippen molar-refractivity contribution in [2.24, 2.45) is 0 Å². The van der Waals surface area contributed by atoms with Crippen LogP contribution in [0.2, 0.25) is 0 Å². The third-order valence-corrected chi connectivity index (χ3v) is 9.90. The summed E-state index contributed by atoms with van der Waals surface area (Å²) >= 11 is 0. The van der Waals surface area contributed by atoms with Gasteiger partial charge in [-0.05, 0) is 68.1 Å². The van der Waals surface area contributed by atoms with Gasteiger partial charge in [0.15, 0.2) is 5.82 Å². The molecule has 0 bridgehead atoms. The number of nitrogens with one attached hydrogen (secondary N) is 1. The Balaban J connectivity index is 1.21. The SMILES string of the molecule is CCC(Nc1ccc2cc(S(=O)(=O)N3CCC(c4c(F)cccc4F)C3)ccc2n1)c1nnc2n1CCCCC2. The highest BCUT2D eigenvalue weighted by Gasteiger charge is 2.35. The summed E-state index contributed by atoms with van der Waals surface area (Å²) in [7, 11) is -3.84. The summed E-state index contributed by atoms with van der Waals surface area (Å²) in [5.41, 5.74) is 0.613. The van der Waals surface area contributed by atoms with Crippen molar-refractivity contribution >= 4 is 26.7 Å². The molecule has 4 heterocycles. The fraction of sp³-hybridized carbons (Fsp3) is 0.414. The maximum atomic E-state index is 14.3. The first kappa shape index (κ1) is 26.8. The van der Waals surface area contributed by atoms with Gasteiger partial charge in [0.25, 0.3) is 0 Å². The summed E-state index contributed by atoms with van der Waals surface area (Å²) in [6.45, 7) is 3.25. The van der Waals surface area contributed by atoms with Crippen LogP contribution in [0, 0.1) is 11.6 Å². The van der Waals surface area contributed by atoms with Gasteiger partial charge in [-0.3, -0.25) is 0 Å². The number of benzene rings is 2. The Morgan fingerprint density at radius 3 is 2.65 bits per heavy atom. The number of halogens is 2. The molecule has 0 radical (unpaired) electrons. The van der Waals surface area contributed by atoms with Crippen LogP contribution in [-0.4, -0.2) is 45.6 Å². The van der Waals surface area contributed by atoms with Crippen LogP contribution in [0.3, 0.4) is 0 Å². The first-order valence-electron chi connectivity index (χ1n) is 13.9. The summed E-state index contributed by atoms with van der Waals surface area (Å²) < 4.78 is 59.0. The van der Waals surface area contributed by atoms with E-state index in [4.69, 9.17) is 4.98 Å². The average Bonchev–Trinajstić information content (AvgIpc) is 3.53. The molecule has 2 aliphatic heterocycles. The molecule has 6 rings (SSSR count). The van der Waals surface area contributed by atoms with E-state index in [9.17, 15) is 17.2 Å². The molecular formula is C29H32F2N6O2S. The second-order valence-electron chi connectivity index (χ2n) is 10.6. The summed E-state index contributed by atoms with van der Waals surface area (Å²) in [5.74, 6) is 0.817. The largest absolute Gasteiger partial charge is 0.360 e. The van der Waals surface area contributed by atoms with Gasteiger partial charge in [-0.1, -0.05) is 19.4 Å². The lowest BCUT2D eigenvalue weighted by Crippen LogP contribution is -2.28. The molecule has 2 aliphatic rings. The Morgan fingerprint density at radius 2 is 1.85 bits per heavy atom. The van der Waals surface area contributed by atoms with Gasteiger partial charge in [0.1, 0.15) is 23.3 Å². The number of pyridine rings is 1. The third kappa shape index (κ3) is 4.96. The monoisotopic (exact) mass is 566 g/mol. The number of aromatic nitrogens is 4. The fourth-order valence-electron chi connectivity index (χ4n) is 5.87. The van der Waals surface area contributed by atoms with Crippen molar-refractivity contribution in [3.05, 3.63) is 77.4 Å². The van der Waals surface area contributed by atoms with Crippen LogP contribution in [0.15, 0.2) is 53.4 Å². The van der Waals surface area contributed by atoms with Crippen molar-refractivity contribution in [1.29, 1.82) is 0 Å². The summed E-state index contributed by atoms with van der Waals surface area (Å²) in [5, 5.41) is 13.1. The Bertz CT molecular complexity index is 1640. The molecule has 0 saturated carbocycles. The lowest BCUT2D eigenvalue weighted by molar-refractivity contribution is 0.466. The molecule has 0 amide bonds. The van der Waals surface area contributed by atoms with Gasteiger partial charge in [-0.15, -0.1) is 10.2 Å². The van der Waals surface area contributed by atoms with E-state index in [0.717, 1.165) is 43.9 Å².